The van der Waals surface area contributed by atoms with E-state index in [9.17, 15) is 0 Å². The molecule has 1 aromatic rings. The smallest absolute Gasteiger partial charge is 0.105 e. The summed E-state index contributed by atoms with van der Waals surface area (Å²) in [5, 5.41) is 0. The molecule has 1 fully saturated rings. The quantitative estimate of drug-likeness (QED) is 0.818. The van der Waals surface area contributed by atoms with Crippen LogP contribution in [0.15, 0.2) is 22.8 Å². The average molecular weight is 208 g/mol. The van der Waals surface area contributed by atoms with E-state index in [4.69, 9.17) is 10.2 Å². The molecule has 2 unspecified atom stereocenters. The molecule has 1 aliphatic rings. The van der Waals surface area contributed by atoms with Crippen molar-refractivity contribution >= 4 is 0 Å². The van der Waals surface area contributed by atoms with Gasteiger partial charge in [-0.3, -0.25) is 4.90 Å². The van der Waals surface area contributed by atoms with E-state index in [1.807, 2.05) is 12.1 Å². The molecule has 2 N–H and O–H groups in total. The maximum Gasteiger partial charge on any atom is 0.105 e. The van der Waals surface area contributed by atoms with E-state index in [0.717, 1.165) is 18.7 Å². The maximum absolute atomic E-state index is 5.77. The Morgan fingerprint density at radius 3 is 3.20 bits per heavy atom. The summed E-state index contributed by atoms with van der Waals surface area (Å²) in [5.41, 5.74) is 5.77. The largest absolute Gasteiger partial charge is 0.469 e. The van der Waals surface area contributed by atoms with Crippen LogP contribution in [0.3, 0.4) is 0 Å². The lowest BCUT2D eigenvalue weighted by atomic mass is 10.1. The SMILES string of the molecule is CC(Cc1ccco1)N1CCCC1CN. The first-order chi connectivity index (χ1) is 7.31. The van der Waals surface area contributed by atoms with Gasteiger partial charge in [-0.1, -0.05) is 0 Å². The lowest BCUT2D eigenvalue weighted by molar-refractivity contribution is 0.188. The van der Waals surface area contributed by atoms with Crippen LogP contribution in [-0.2, 0) is 6.42 Å². The molecule has 0 aromatic carbocycles. The average Bonchev–Trinajstić information content (AvgIpc) is 2.86. The van der Waals surface area contributed by atoms with Gasteiger partial charge in [-0.2, -0.15) is 0 Å². The Labute approximate surface area is 91.2 Å². The molecule has 0 saturated carbocycles. The van der Waals surface area contributed by atoms with Crippen LogP contribution in [-0.4, -0.2) is 30.1 Å². The zero-order chi connectivity index (χ0) is 10.7. The number of likely N-dealkylation sites (tertiary alicyclic amines) is 1. The Morgan fingerprint density at radius 1 is 1.67 bits per heavy atom. The van der Waals surface area contributed by atoms with Gasteiger partial charge >= 0.3 is 0 Å². The number of nitrogens with two attached hydrogens (primary N) is 1. The fourth-order valence-electron chi connectivity index (χ4n) is 2.53. The van der Waals surface area contributed by atoms with Gasteiger partial charge in [0, 0.05) is 25.0 Å². The summed E-state index contributed by atoms with van der Waals surface area (Å²) in [4.78, 5) is 2.52. The van der Waals surface area contributed by atoms with Gasteiger partial charge in [0.2, 0.25) is 0 Å². The molecule has 0 spiro atoms. The predicted molar refractivity (Wildman–Crippen MR) is 60.7 cm³/mol. The van der Waals surface area contributed by atoms with Crippen molar-refractivity contribution in [3.63, 3.8) is 0 Å². The summed E-state index contributed by atoms with van der Waals surface area (Å²) in [6.07, 6.45) is 5.26. The van der Waals surface area contributed by atoms with E-state index < -0.39 is 0 Å². The van der Waals surface area contributed by atoms with Crippen LogP contribution < -0.4 is 5.73 Å². The molecule has 2 heterocycles. The van der Waals surface area contributed by atoms with Crippen LogP contribution in [0.1, 0.15) is 25.5 Å². The molecule has 3 heteroatoms. The number of hydrogen-bond acceptors (Lipinski definition) is 3. The van der Waals surface area contributed by atoms with Crippen LogP contribution in [0.4, 0.5) is 0 Å². The first-order valence-electron chi connectivity index (χ1n) is 5.79. The third-order valence-electron chi connectivity index (χ3n) is 3.34. The maximum atomic E-state index is 5.77. The second-order valence-electron chi connectivity index (χ2n) is 4.40. The Morgan fingerprint density at radius 2 is 2.53 bits per heavy atom. The zero-order valence-electron chi connectivity index (χ0n) is 9.36. The Kier molecular flexibility index (Phi) is 3.44. The molecule has 0 bridgehead atoms. The molecule has 2 atom stereocenters. The minimum Gasteiger partial charge on any atom is -0.469 e. The van der Waals surface area contributed by atoms with Crippen molar-refractivity contribution in [2.75, 3.05) is 13.1 Å². The molecular formula is C12H20N2O. The van der Waals surface area contributed by atoms with Crippen LogP contribution in [0.5, 0.6) is 0 Å². The first kappa shape index (κ1) is 10.7. The molecular weight excluding hydrogens is 188 g/mol. The van der Waals surface area contributed by atoms with Crippen molar-refractivity contribution in [3.8, 4) is 0 Å². The molecule has 0 amide bonds. The fourth-order valence-corrected chi connectivity index (χ4v) is 2.53. The van der Waals surface area contributed by atoms with E-state index in [1.54, 1.807) is 6.26 Å². The molecule has 2 rings (SSSR count). The molecule has 1 saturated heterocycles. The zero-order valence-corrected chi connectivity index (χ0v) is 9.36. The van der Waals surface area contributed by atoms with Crippen molar-refractivity contribution in [2.24, 2.45) is 5.73 Å². The predicted octanol–water partition coefficient (Wildman–Crippen LogP) is 1.63. The van der Waals surface area contributed by atoms with Gasteiger partial charge in [0.05, 0.1) is 6.26 Å². The fraction of sp³-hybridized carbons (Fsp3) is 0.667. The minimum atomic E-state index is 0.534. The second-order valence-corrected chi connectivity index (χ2v) is 4.40. The van der Waals surface area contributed by atoms with Crippen LogP contribution >= 0.6 is 0 Å². The Bertz CT molecular complexity index is 284. The van der Waals surface area contributed by atoms with Crippen LogP contribution in [0, 0.1) is 0 Å². The summed E-state index contributed by atoms with van der Waals surface area (Å²) < 4.78 is 5.37. The monoisotopic (exact) mass is 208 g/mol. The van der Waals surface area contributed by atoms with Gasteiger partial charge in [-0.25, -0.2) is 0 Å². The summed E-state index contributed by atoms with van der Waals surface area (Å²) in [6, 6.07) is 5.11. The van der Waals surface area contributed by atoms with E-state index >= 15 is 0 Å². The van der Waals surface area contributed by atoms with Crippen LogP contribution in [0.25, 0.3) is 0 Å². The van der Waals surface area contributed by atoms with Crippen molar-refractivity contribution < 1.29 is 4.42 Å². The molecule has 84 valence electrons. The van der Waals surface area contributed by atoms with Crippen LogP contribution in [0.2, 0.25) is 0 Å². The lowest BCUT2D eigenvalue weighted by Crippen LogP contribution is -2.42. The normalized spacial score (nSPS) is 24.5. The van der Waals surface area contributed by atoms with E-state index in [2.05, 4.69) is 11.8 Å². The summed E-state index contributed by atoms with van der Waals surface area (Å²) in [5.74, 6) is 1.07. The van der Waals surface area contributed by atoms with Gasteiger partial charge in [0.1, 0.15) is 5.76 Å². The molecule has 1 aromatic heterocycles. The summed E-state index contributed by atoms with van der Waals surface area (Å²) >= 11 is 0. The molecule has 3 nitrogen and oxygen atoms in total. The van der Waals surface area contributed by atoms with E-state index in [-0.39, 0.29) is 0 Å². The molecule has 1 aliphatic heterocycles. The summed E-state index contributed by atoms with van der Waals surface area (Å²) in [7, 11) is 0. The van der Waals surface area contributed by atoms with Crippen molar-refractivity contribution in [1.82, 2.24) is 4.90 Å². The minimum absolute atomic E-state index is 0.534. The molecule has 0 radical (unpaired) electrons. The van der Waals surface area contributed by atoms with E-state index in [1.165, 1.54) is 19.4 Å². The highest BCUT2D eigenvalue weighted by Crippen LogP contribution is 2.21. The van der Waals surface area contributed by atoms with Gasteiger partial charge < -0.3 is 10.2 Å². The number of hydrogen-bond donors (Lipinski definition) is 1. The highest BCUT2D eigenvalue weighted by atomic mass is 16.3. The third kappa shape index (κ3) is 2.41. The Balaban J connectivity index is 1.92. The van der Waals surface area contributed by atoms with Crippen molar-refractivity contribution in [3.05, 3.63) is 24.2 Å². The van der Waals surface area contributed by atoms with Crippen molar-refractivity contribution in [2.45, 2.75) is 38.3 Å². The van der Waals surface area contributed by atoms with E-state index in [0.29, 0.717) is 12.1 Å². The lowest BCUT2D eigenvalue weighted by Gasteiger charge is -2.29. The van der Waals surface area contributed by atoms with Gasteiger partial charge in [-0.05, 0) is 38.4 Å². The Hall–Kier alpha value is -0.800. The summed E-state index contributed by atoms with van der Waals surface area (Å²) in [6.45, 7) is 4.22. The van der Waals surface area contributed by atoms with Crippen molar-refractivity contribution in [1.29, 1.82) is 0 Å². The highest BCUT2D eigenvalue weighted by molar-refractivity contribution is 5.01. The first-order valence-corrected chi connectivity index (χ1v) is 5.79. The van der Waals surface area contributed by atoms with Gasteiger partial charge in [0.25, 0.3) is 0 Å². The third-order valence-corrected chi connectivity index (χ3v) is 3.34. The van der Waals surface area contributed by atoms with Gasteiger partial charge in [-0.15, -0.1) is 0 Å². The standard InChI is InChI=1S/C12H20N2O/c1-10(8-12-5-3-7-15-12)14-6-2-4-11(14)9-13/h3,5,7,10-11H,2,4,6,8-9,13H2,1H3. The second kappa shape index (κ2) is 4.81. The number of rotatable bonds is 4. The molecule has 0 aliphatic carbocycles. The topological polar surface area (TPSA) is 42.4 Å². The number of furan rings is 1. The number of nitrogens with zero attached hydrogens (tertiary/aromatic N) is 1. The highest BCUT2D eigenvalue weighted by Gasteiger charge is 2.27. The van der Waals surface area contributed by atoms with Gasteiger partial charge in [0.15, 0.2) is 0 Å². The molecule has 15 heavy (non-hydrogen) atoms.